The Labute approximate surface area is 156 Å². The maximum Gasteiger partial charge on any atom is 0.150 e. The minimum Gasteiger partial charge on any atom is -0.496 e. The van der Waals surface area contributed by atoms with E-state index in [0.29, 0.717) is 22.8 Å². The molecule has 0 spiro atoms. The van der Waals surface area contributed by atoms with Gasteiger partial charge in [-0.3, -0.25) is 4.79 Å². The summed E-state index contributed by atoms with van der Waals surface area (Å²) in [5, 5.41) is 3.47. The van der Waals surface area contributed by atoms with E-state index in [1.165, 1.54) is 0 Å². The lowest BCUT2D eigenvalue weighted by atomic mass is 10.0. The molecule has 0 unspecified atom stereocenters. The van der Waals surface area contributed by atoms with Crippen molar-refractivity contribution in [2.24, 2.45) is 0 Å². The van der Waals surface area contributed by atoms with Crippen molar-refractivity contribution in [3.05, 3.63) is 72.3 Å². The van der Waals surface area contributed by atoms with Gasteiger partial charge in [0.05, 0.1) is 19.6 Å². The summed E-state index contributed by atoms with van der Waals surface area (Å²) in [7, 11) is 3.27. The zero-order valence-electron chi connectivity index (χ0n) is 15.1. The van der Waals surface area contributed by atoms with Crippen LogP contribution in [0.2, 0.25) is 0 Å². The van der Waals surface area contributed by atoms with Crippen LogP contribution >= 0.6 is 0 Å². The molecular formula is C23H18O4. The van der Waals surface area contributed by atoms with E-state index in [2.05, 4.69) is 0 Å². The molecule has 4 nitrogen and oxygen atoms in total. The summed E-state index contributed by atoms with van der Waals surface area (Å²) in [6, 6.07) is 20.8. The molecule has 4 aromatic rings. The van der Waals surface area contributed by atoms with Gasteiger partial charge in [-0.1, -0.05) is 36.4 Å². The van der Waals surface area contributed by atoms with Crippen LogP contribution in [0.25, 0.3) is 21.5 Å². The minimum absolute atomic E-state index is 0.634. The molecule has 0 aromatic heterocycles. The van der Waals surface area contributed by atoms with Crippen molar-refractivity contribution in [1.29, 1.82) is 0 Å². The van der Waals surface area contributed by atoms with Crippen molar-refractivity contribution < 1.29 is 19.0 Å². The van der Waals surface area contributed by atoms with Gasteiger partial charge in [-0.25, -0.2) is 0 Å². The monoisotopic (exact) mass is 358 g/mol. The highest BCUT2D eigenvalue weighted by atomic mass is 16.5. The molecule has 0 fully saturated rings. The summed E-state index contributed by atoms with van der Waals surface area (Å²) in [4.78, 5) is 11.3. The van der Waals surface area contributed by atoms with Crippen molar-refractivity contribution in [3.8, 4) is 23.0 Å². The topological polar surface area (TPSA) is 44.8 Å². The number of carbonyl (C=O) groups excluding carboxylic acids is 1. The average molecular weight is 358 g/mol. The molecule has 0 aliphatic carbocycles. The second-order valence-electron chi connectivity index (χ2n) is 6.07. The number of rotatable bonds is 5. The maximum atomic E-state index is 11.3. The smallest absolute Gasteiger partial charge is 0.150 e. The van der Waals surface area contributed by atoms with Crippen LogP contribution in [0.3, 0.4) is 0 Å². The summed E-state index contributed by atoms with van der Waals surface area (Å²) in [5.41, 5.74) is 0.634. The van der Waals surface area contributed by atoms with Gasteiger partial charge in [-0.2, -0.15) is 0 Å². The van der Waals surface area contributed by atoms with Crippen LogP contribution < -0.4 is 14.2 Å². The first-order valence-electron chi connectivity index (χ1n) is 8.55. The van der Waals surface area contributed by atoms with E-state index in [4.69, 9.17) is 14.2 Å². The quantitative estimate of drug-likeness (QED) is 0.435. The van der Waals surface area contributed by atoms with Crippen molar-refractivity contribution >= 4 is 27.8 Å². The van der Waals surface area contributed by atoms with Crippen molar-refractivity contribution in [2.45, 2.75) is 0 Å². The highest BCUT2D eigenvalue weighted by Crippen LogP contribution is 2.42. The Morgan fingerprint density at radius 1 is 0.630 bits per heavy atom. The zero-order chi connectivity index (χ0) is 18.8. The van der Waals surface area contributed by atoms with Gasteiger partial charge in [0.25, 0.3) is 0 Å². The average Bonchev–Trinajstić information content (AvgIpc) is 2.73. The van der Waals surface area contributed by atoms with Crippen LogP contribution in [0.4, 0.5) is 0 Å². The second-order valence-corrected chi connectivity index (χ2v) is 6.07. The van der Waals surface area contributed by atoms with E-state index in [9.17, 15) is 4.79 Å². The number of methoxy groups -OCH3 is 2. The molecule has 0 amide bonds. The van der Waals surface area contributed by atoms with Gasteiger partial charge in [0.15, 0.2) is 6.29 Å². The van der Waals surface area contributed by atoms with Crippen LogP contribution in [-0.4, -0.2) is 20.5 Å². The predicted molar refractivity (Wildman–Crippen MR) is 106 cm³/mol. The van der Waals surface area contributed by atoms with Crippen LogP contribution in [0.15, 0.2) is 66.7 Å². The van der Waals surface area contributed by atoms with Gasteiger partial charge in [0, 0.05) is 16.3 Å². The maximum absolute atomic E-state index is 11.3. The van der Waals surface area contributed by atoms with E-state index in [1.807, 2.05) is 60.7 Å². The molecular weight excluding hydrogens is 340 g/mol. The first-order chi connectivity index (χ1) is 13.3. The van der Waals surface area contributed by atoms with Crippen LogP contribution in [0.1, 0.15) is 10.4 Å². The van der Waals surface area contributed by atoms with Gasteiger partial charge in [-0.05, 0) is 35.7 Å². The number of aldehydes is 1. The van der Waals surface area contributed by atoms with Crippen LogP contribution in [0.5, 0.6) is 23.0 Å². The third-order valence-electron chi connectivity index (χ3n) is 4.63. The lowest BCUT2D eigenvalue weighted by Gasteiger charge is -2.15. The molecule has 4 heteroatoms. The fourth-order valence-corrected chi connectivity index (χ4v) is 3.35. The van der Waals surface area contributed by atoms with Crippen molar-refractivity contribution in [1.82, 2.24) is 0 Å². The Bertz CT molecular complexity index is 1150. The van der Waals surface area contributed by atoms with E-state index in [1.54, 1.807) is 20.3 Å². The Hall–Kier alpha value is -3.53. The number of carbonyl (C=O) groups is 1. The van der Waals surface area contributed by atoms with E-state index in [-0.39, 0.29) is 0 Å². The molecule has 4 aromatic carbocycles. The largest absolute Gasteiger partial charge is 0.496 e. The Balaban J connectivity index is 1.93. The first-order valence-corrected chi connectivity index (χ1v) is 8.55. The number of fused-ring (bicyclic) bond motifs is 2. The van der Waals surface area contributed by atoms with E-state index >= 15 is 0 Å². The molecule has 0 aliphatic heterocycles. The molecule has 0 radical (unpaired) electrons. The number of hydrogen-bond donors (Lipinski definition) is 0. The normalized spacial score (nSPS) is 10.7. The highest BCUT2D eigenvalue weighted by Gasteiger charge is 2.14. The second kappa shape index (κ2) is 7.00. The lowest BCUT2D eigenvalue weighted by Crippen LogP contribution is -1.94. The van der Waals surface area contributed by atoms with Crippen LogP contribution in [-0.2, 0) is 0 Å². The van der Waals surface area contributed by atoms with Gasteiger partial charge in [0.1, 0.15) is 23.0 Å². The molecule has 0 saturated heterocycles. The Morgan fingerprint density at radius 3 is 2.04 bits per heavy atom. The zero-order valence-corrected chi connectivity index (χ0v) is 15.1. The number of ether oxygens (including phenoxy) is 3. The Kier molecular flexibility index (Phi) is 4.38. The Morgan fingerprint density at radius 2 is 1.30 bits per heavy atom. The molecule has 0 atom stereocenters. The molecule has 0 bridgehead atoms. The predicted octanol–water partition coefficient (Wildman–Crippen LogP) is 5.62. The first kappa shape index (κ1) is 16.9. The molecule has 27 heavy (non-hydrogen) atoms. The SMILES string of the molecule is COc1ccc(Oc2ccc(C=O)c3ccccc23)c2c(OC)cccc12. The molecule has 0 heterocycles. The summed E-state index contributed by atoms with van der Waals surface area (Å²) >= 11 is 0. The molecule has 0 saturated carbocycles. The summed E-state index contributed by atoms with van der Waals surface area (Å²) in [5.74, 6) is 2.79. The van der Waals surface area contributed by atoms with Crippen molar-refractivity contribution in [3.63, 3.8) is 0 Å². The number of benzene rings is 4. The molecule has 4 rings (SSSR count). The summed E-state index contributed by atoms with van der Waals surface area (Å²) < 4.78 is 17.3. The molecule has 134 valence electrons. The third kappa shape index (κ3) is 2.85. The number of hydrogen-bond acceptors (Lipinski definition) is 4. The fraction of sp³-hybridized carbons (Fsp3) is 0.0870. The summed E-state index contributed by atoms with van der Waals surface area (Å²) in [6.45, 7) is 0. The van der Waals surface area contributed by atoms with Gasteiger partial charge in [0.2, 0.25) is 0 Å². The van der Waals surface area contributed by atoms with E-state index in [0.717, 1.165) is 33.6 Å². The molecule has 0 aliphatic rings. The highest BCUT2D eigenvalue weighted by molar-refractivity contribution is 6.02. The van der Waals surface area contributed by atoms with Crippen molar-refractivity contribution in [2.75, 3.05) is 14.2 Å². The summed E-state index contributed by atoms with van der Waals surface area (Å²) in [6.07, 6.45) is 0.859. The van der Waals surface area contributed by atoms with E-state index < -0.39 is 0 Å². The van der Waals surface area contributed by atoms with Gasteiger partial charge < -0.3 is 14.2 Å². The van der Waals surface area contributed by atoms with Crippen LogP contribution in [0, 0.1) is 0 Å². The van der Waals surface area contributed by atoms with Gasteiger partial charge >= 0.3 is 0 Å². The minimum atomic E-state index is 0.634. The standard InChI is InChI=1S/C23H18O4/c1-25-19-12-13-22(23-18(19)8-5-9-21(23)26-2)27-20-11-10-15(14-24)16-6-3-4-7-17(16)20/h3-14H,1-2H3. The fourth-order valence-electron chi connectivity index (χ4n) is 3.35. The molecule has 0 N–H and O–H groups in total. The van der Waals surface area contributed by atoms with Gasteiger partial charge in [-0.15, -0.1) is 0 Å². The third-order valence-corrected chi connectivity index (χ3v) is 4.63. The lowest BCUT2D eigenvalue weighted by molar-refractivity contribution is 0.112.